The van der Waals surface area contributed by atoms with Crippen molar-refractivity contribution in [3.63, 3.8) is 0 Å². The molecule has 0 spiro atoms. The zero-order chi connectivity index (χ0) is 12.5. The Kier molecular flexibility index (Phi) is 2.91. The number of anilines is 1. The van der Waals surface area contributed by atoms with Crippen molar-refractivity contribution >= 4 is 17.0 Å². The molecule has 5 nitrogen and oxygen atoms in total. The third kappa shape index (κ3) is 2.06. The number of ether oxygens (including phenoxy) is 1. The summed E-state index contributed by atoms with van der Waals surface area (Å²) in [5.74, 6) is 2.32. The van der Waals surface area contributed by atoms with E-state index in [2.05, 4.69) is 15.0 Å². The number of nitrogens with one attached hydrogen (secondary N) is 1. The maximum absolute atomic E-state index is 5.51. The fourth-order valence-electron chi connectivity index (χ4n) is 2.30. The van der Waals surface area contributed by atoms with Gasteiger partial charge in [-0.15, -0.1) is 0 Å². The topological polar surface area (TPSA) is 54.0 Å². The number of hydrogen-bond acceptors (Lipinski definition) is 4. The second kappa shape index (κ2) is 4.57. The molecule has 0 amide bonds. The molecule has 2 aromatic rings. The summed E-state index contributed by atoms with van der Waals surface area (Å²) in [6.45, 7) is 1.64. The number of pyridine rings is 1. The van der Waals surface area contributed by atoms with Crippen LogP contribution in [0.5, 0.6) is 0 Å². The number of H-pyrrole nitrogens is 1. The minimum absolute atomic E-state index is 0.385. The predicted octanol–water partition coefficient (Wildman–Crippen LogP) is 1.92. The van der Waals surface area contributed by atoms with Gasteiger partial charge in [-0.3, -0.25) is 0 Å². The molecular formula is C13H18N4O. The first-order chi connectivity index (χ1) is 8.74. The summed E-state index contributed by atoms with van der Waals surface area (Å²) in [6, 6.07) is 4.04. The molecule has 3 rings (SSSR count). The molecule has 1 atom stereocenters. The van der Waals surface area contributed by atoms with Crippen molar-refractivity contribution in [1.29, 1.82) is 0 Å². The summed E-state index contributed by atoms with van der Waals surface area (Å²) < 4.78 is 5.51. The zero-order valence-electron chi connectivity index (χ0n) is 10.8. The summed E-state index contributed by atoms with van der Waals surface area (Å²) in [5, 5.41) is 0. The molecule has 1 aliphatic heterocycles. The van der Waals surface area contributed by atoms with Crippen molar-refractivity contribution < 1.29 is 4.74 Å². The third-order valence-electron chi connectivity index (χ3n) is 3.35. The van der Waals surface area contributed by atoms with Crippen molar-refractivity contribution in [2.75, 3.05) is 32.2 Å². The number of nitrogens with zero attached hydrogens (tertiary/aromatic N) is 3. The van der Waals surface area contributed by atoms with Gasteiger partial charge in [0.05, 0.1) is 12.1 Å². The lowest BCUT2D eigenvalue weighted by Crippen LogP contribution is -2.16. The average Bonchev–Trinajstić information content (AvgIpc) is 2.82. The van der Waals surface area contributed by atoms with Crippen LogP contribution in [0.1, 0.15) is 24.6 Å². The monoisotopic (exact) mass is 246 g/mol. The molecule has 5 heteroatoms. The molecule has 1 unspecified atom stereocenters. The van der Waals surface area contributed by atoms with Gasteiger partial charge in [-0.2, -0.15) is 0 Å². The van der Waals surface area contributed by atoms with Gasteiger partial charge < -0.3 is 14.6 Å². The first kappa shape index (κ1) is 11.5. The van der Waals surface area contributed by atoms with Gasteiger partial charge in [0.1, 0.15) is 11.6 Å². The molecule has 0 aromatic carbocycles. The van der Waals surface area contributed by atoms with Crippen molar-refractivity contribution in [3.8, 4) is 0 Å². The van der Waals surface area contributed by atoms with E-state index in [0.717, 1.165) is 48.9 Å². The molecule has 0 radical (unpaired) electrons. The Labute approximate surface area is 106 Å². The average molecular weight is 246 g/mol. The van der Waals surface area contributed by atoms with Crippen molar-refractivity contribution in [2.45, 2.75) is 18.8 Å². The molecule has 18 heavy (non-hydrogen) atoms. The fourth-order valence-corrected chi connectivity index (χ4v) is 2.30. The Morgan fingerprint density at radius 3 is 2.94 bits per heavy atom. The lowest BCUT2D eigenvalue weighted by molar-refractivity contribution is 0.0784. The Morgan fingerprint density at radius 1 is 1.33 bits per heavy atom. The quantitative estimate of drug-likeness (QED) is 0.879. The van der Waals surface area contributed by atoms with Crippen LogP contribution in [0.3, 0.4) is 0 Å². The third-order valence-corrected chi connectivity index (χ3v) is 3.35. The summed E-state index contributed by atoms with van der Waals surface area (Å²) in [7, 11) is 3.97. The highest BCUT2D eigenvalue weighted by molar-refractivity contribution is 5.73. The van der Waals surface area contributed by atoms with E-state index in [1.165, 1.54) is 0 Å². The van der Waals surface area contributed by atoms with Gasteiger partial charge in [0, 0.05) is 26.6 Å². The van der Waals surface area contributed by atoms with Gasteiger partial charge in [0.2, 0.25) is 0 Å². The molecule has 2 aromatic heterocycles. The van der Waals surface area contributed by atoms with Gasteiger partial charge in [0.15, 0.2) is 5.65 Å². The van der Waals surface area contributed by atoms with Gasteiger partial charge in [0.25, 0.3) is 0 Å². The Bertz CT molecular complexity index is 543. The summed E-state index contributed by atoms with van der Waals surface area (Å²) in [5.41, 5.74) is 1.79. The second-order valence-corrected chi connectivity index (χ2v) is 4.97. The number of rotatable bonds is 2. The predicted molar refractivity (Wildman–Crippen MR) is 71.0 cm³/mol. The van der Waals surface area contributed by atoms with Crippen LogP contribution in [-0.2, 0) is 4.74 Å². The van der Waals surface area contributed by atoms with Crippen LogP contribution < -0.4 is 4.90 Å². The number of hydrogen-bond donors (Lipinski definition) is 1. The molecule has 1 saturated heterocycles. The normalized spacial score (nSPS) is 20.2. The largest absolute Gasteiger partial charge is 0.381 e. The van der Waals surface area contributed by atoms with E-state index in [9.17, 15) is 0 Å². The minimum Gasteiger partial charge on any atom is -0.381 e. The minimum atomic E-state index is 0.385. The van der Waals surface area contributed by atoms with E-state index in [1.54, 1.807) is 0 Å². The highest BCUT2D eigenvalue weighted by Gasteiger charge is 2.19. The van der Waals surface area contributed by atoms with Crippen molar-refractivity contribution in [2.24, 2.45) is 0 Å². The van der Waals surface area contributed by atoms with Crippen LogP contribution in [0.25, 0.3) is 11.2 Å². The van der Waals surface area contributed by atoms with Gasteiger partial charge in [-0.25, -0.2) is 9.97 Å². The van der Waals surface area contributed by atoms with Crippen LogP contribution in [0.2, 0.25) is 0 Å². The highest BCUT2D eigenvalue weighted by atomic mass is 16.5. The van der Waals surface area contributed by atoms with E-state index < -0.39 is 0 Å². The number of fused-ring (bicyclic) bond motifs is 1. The smallest absolute Gasteiger partial charge is 0.179 e. The van der Waals surface area contributed by atoms with Crippen LogP contribution >= 0.6 is 0 Å². The highest BCUT2D eigenvalue weighted by Crippen LogP contribution is 2.25. The van der Waals surface area contributed by atoms with Gasteiger partial charge >= 0.3 is 0 Å². The standard InChI is InChI=1S/C13H18N4O/c1-17(2)11-6-5-10-13(15-11)16-12(14-10)9-4-3-7-18-8-9/h5-6,9H,3-4,7-8H2,1-2H3,(H,14,15,16). The molecule has 96 valence electrons. The Balaban J connectivity index is 1.94. The van der Waals surface area contributed by atoms with Crippen molar-refractivity contribution in [1.82, 2.24) is 15.0 Å². The van der Waals surface area contributed by atoms with Crippen molar-refractivity contribution in [3.05, 3.63) is 18.0 Å². The fraction of sp³-hybridized carbons (Fsp3) is 0.538. The maximum atomic E-state index is 5.51. The SMILES string of the molecule is CN(C)c1ccc2[nH]c(C3CCCOC3)nc2n1. The van der Waals surface area contributed by atoms with Gasteiger partial charge in [-0.05, 0) is 25.0 Å². The number of aromatic nitrogens is 3. The number of aromatic amines is 1. The van der Waals surface area contributed by atoms with E-state index >= 15 is 0 Å². The first-order valence-electron chi connectivity index (χ1n) is 6.36. The molecule has 1 fully saturated rings. The molecule has 1 N–H and O–H groups in total. The Hall–Kier alpha value is -1.62. The summed E-state index contributed by atoms with van der Waals surface area (Å²) in [4.78, 5) is 14.5. The van der Waals surface area contributed by atoms with Crippen LogP contribution in [0.15, 0.2) is 12.1 Å². The molecule has 0 saturated carbocycles. The number of imidazole rings is 1. The molecule has 3 heterocycles. The van der Waals surface area contributed by atoms with E-state index in [1.807, 2.05) is 31.1 Å². The molecule has 0 aliphatic carbocycles. The lowest BCUT2D eigenvalue weighted by Gasteiger charge is -2.19. The summed E-state index contributed by atoms with van der Waals surface area (Å²) >= 11 is 0. The van der Waals surface area contributed by atoms with Gasteiger partial charge in [-0.1, -0.05) is 0 Å². The first-order valence-corrected chi connectivity index (χ1v) is 6.36. The second-order valence-electron chi connectivity index (χ2n) is 4.97. The summed E-state index contributed by atoms with van der Waals surface area (Å²) in [6.07, 6.45) is 2.25. The zero-order valence-corrected chi connectivity index (χ0v) is 10.8. The van der Waals surface area contributed by atoms with Crippen LogP contribution in [-0.4, -0.2) is 42.3 Å². The van der Waals surface area contributed by atoms with E-state index in [0.29, 0.717) is 5.92 Å². The van der Waals surface area contributed by atoms with E-state index in [-0.39, 0.29) is 0 Å². The molecule has 1 aliphatic rings. The van der Waals surface area contributed by atoms with Crippen LogP contribution in [0.4, 0.5) is 5.82 Å². The molecule has 0 bridgehead atoms. The maximum Gasteiger partial charge on any atom is 0.179 e. The lowest BCUT2D eigenvalue weighted by atomic mass is 10.0. The Morgan fingerprint density at radius 2 is 2.22 bits per heavy atom. The van der Waals surface area contributed by atoms with E-state index in [4.69, 9.17) is 4.74 Å². The van der Waals surface area contributed by atoms with Crippen LogP contribution in [0, 0.1) is 0 Å². The molecular weight excluding hydrogens is 228 g/mol.